The predicted molar refractivity (Wildman–Crippen MR) is 121 cm³/mol. The third-order valence-corrected chi connectivity index (χ3v) is 6.42. The Balaban J connectivity index is 0.00000196. The topological polar surface area (TPSA) is 44.4 Å². The Labute approximate surface area is 183 Å². The van der Waals surface area contributed by atoms with Gasteiger partial charge < -0.3 is 10.6 Å². The van der Waals surface area contributed by atoms with Gasteiger partial charge in [-0.05, 0) is 63.1 Å². The van der Waals surface area contributed by atoms with Crippen LogP contribution in [0, 0.1) is 11.8 Å². The zero-order chi connectivity index (χ0) is 18.4. The molecule has 2 unspecified atom stereocenters. The first-order valence-corrected chi connectivity index (χ1v) is 10.4. The Bertz CT molecular complexity index is 558. The molecule has 6 heteroatoms. The van der Waals surface area contributed by atoms with Crippen molar-refractivity contribution in [2.45, 2.75) is 58.0 Å². The molecular formula is C22H37Cl2N3O. The van der Waals surface area contributed by atoms with Crippen LogP contribution in [0.1, 0.15) is 57.6 Å². The summed E-state index contributed by atoms with van der Waals surface area (Å²) >= 11 is 0. The van der Waals surface area contributed by atoms with Crippen molar-refractivity contribution in [3.8, 4) is 0 Å². The molecule has 2 N–H and O–H groups in total. The van der Waals surface area contributed by atoms with Crippen LogP contribution in [-0.4, -0.2) is 43.0 Å². The van der Waals surface area contributed by atoms with Gasteiger partial charge in [0.1, 0.15) is 0 Å². The van der Waals surface area contributed by atoms with Crippen LogP contribution in [0.25, 0.3) is 0 Å². The Kier molecular flexibility index (Phi) is 11.4. The van der Waals surface area contributed by atoms with E-state index in [0.717, 1.165) is 39.0 Å². The van der Waals surface area contributed by atoms with Crippen LogP contribution in [-0.2, 0) is 4.79 Å². The molecule has 1 aromatic carbocycles. The van der Waals surface area contributed by atoms with Crippen LogP contribution in [0.15, 0.2) is 30.3 Å². The summed E-state index contributed by atoms with van der Waals surface area (Å²) in [7, 11) is 0. The number of piperidine rings is 2. The van der Waals surface area contributed by atoms with E-state index >= 15 is 0 Å². The molecule has 0 radical (unpaired) electrons. The number of nitrogens with one attached hydrogen (secondary N) is 2. The summed E-state index contributed by atoms with van der Waals surface area (Å²) in [6.07, 6.45) is 5.23. The average molecular weight is 430 g/mol. The fraction of sp³-hybridized carbons (Fsp3) is 0.682. The lowest BCUT2D eigenvalue weighted by atomic mass is 9.84. The lowest BCUT2D eigenvalue weighted by molar-refractivity contribution is -0.123. The molecule has 28 heavy (non-hydrogen) atoms. The molecule has 3 rings (SSSR count). The maximum absolute atomic E-state index is 12.5. The fourth-order valence-corrected chi connectivity index (χ4v) is 4.53. The monoisotopic (exact) mass is 429 g/mol. The highest BCUT2D eigenvalue weighted by Gasteiger charge is 2.26. The number of rotatable bonds is 6. The van der Waals surface area contributed by atoms with Crippen molar-refractivity contribution in [2.24, 2.45) is 11.8 Å². The second kappa shape index (κ2) is 12.7. The van der Waals surface area contributed by atoms with Gasteiger partial charge in [-0.15, -0.1) is 24.8 Å². The number of likely N-dealkylation sites (tertiary alicyclic amines) is 1. The number of halogens is 2. The van der Waals surface area contributed by atoms with Crippen molar-refractivity contribution in [3.05, 3.63) is 35.9 Å². The molecule has 0 aromatic heterocycles. The summed E-state index contributed by atoms with van der Waals surface area (Å²) in [6.45, 7) is 8.87. The fourth-order valence-electron chi connectivity index (χ4n) is 4.53. The summed E-state index contributed by atoms with van der Waals surface area (Å²) in [6, 6.07) is 11.5. The van der Waals surface area contributed by atoms with Gasteiger partial charge in [0.15, 0.2) is 0 Å². The van der Waals surface area contributed by atoms with Gasteiger partial charge in [0.2, 0.25) is 5.91 Å². The second-order valence-corrected chi connectivity index (χ2v) is 8.23. The standard InChI is InChI=1S/C22H35N3O.2ClH/c1-17(19-8-12-23-13-9-19)16-22(26)24-21-10-14-25(15-11-21)18(2)20-6-4-3-5-7-20;;/h3-7,17-19,21,23H,8-16H2,1-2H3,(H,24,26);2*1H. The minimum Gasteiger partial charge on any atom is -0.353 e. The molecule has 1 amide bonds. The molecule has 1 aromatic rings. The first-order valence-electron chi connectivity index (χ1n) is 10.4. The van der Waals surface area contributed by atoms with Crippen LogP contribution in [0.2, 0.25) is 0 Å². The zero-order valence-corrected chi connectivity index (χ0v) is 18.9. The molecule has 2 aliphatic rings. The van der Waals surface area contributed by atoms with Gasteiger partial charge >= 0.3 is 0 Å². The Morgan fingerprint density at radius 3 is 2.29 bits per heavy atom. The van der Waals surface area contributed by atoms with E-state index in [0.29, 0.717) is 30.3 Å². The second-order valence-electron chi connectivity index (χ2n) is 8.23. The first kappa shape index (κ1) is 25.2. The largest absolute Gasteiger partial charge is 0.353 e. The highest BCUT2D eigenvalue weighted by molar-refractivity contribution is 5.85. The minimum absolute atomic E-state index is 0. The maximum Gasteiger partial charge on any atom is 0.220 e. The summed E-state index contributed by atoms with van der Waals surface area (Å²) in [5.41, 5.74) is 1.38. The molecule has 0 aliphatic carbocycles. The molecule has 4 nitrogen and oxygen atoms in total. The van der Waals surface area contributed by atoms with Gasteiger partial charge in [-0.25, -0.2) is 0 Å². The summed E-state index contributed by atoms with van der Waals surface area (Å²) in [5, 5.41) is 6.72. The molecule has 2 heterocycles. The smallest absolute Gasteiger partial charge is 0.220 e. The van der Waals surface area contributed by atoms with Gasteiger partial charge in [0.25, 0.3) is 0 Å². The van der Waals surface area contributed by atoms with Gasteiger partial charge in [0.05, 0.1) is 0 Å². The number of hydrogen-bond acceptors (Lipinski definition) is 3. The minimum atomic E-state index is 0. The Hall–Kier alpha value is -0.810. The SMILES string of the molecule is CC(CC(=O)NC1CCN(C(C)c2ccccc2)CC1)C1CCNCC1.Cl.Cl. The van der Waals surface area contributed by atoms with Gasteiger partial charge in [-0.2, -0.15) is 0 Å². The lowest BCUT2D eigenvalue weighted by Crippen LogP contribution is -2.45. The van der Waals surface area contributed by atoms with Crippen LogP contribution in [0.3, 0.4) is 0 Å². The number of amides is 1. The average Bonchev–Trinajstić information content (AvgIpc) is 2.69. The van der Waals surface area contributed by atoms with Crippen LogP contribution >= 0.6 is 24.8 Å². The zero-order valence-electron chi connectivity index (χ0n) is 17.2. The molecule has 2 fully saturated rings. The third kappa shape index (κ3) is 7.22. The van der Waals surface area contributed by atoms with E-state index in [9.17, 15) is 4.79 Å². The van der Waals surface area contributed by atoms with Gasteiger partial charge in [-0.3, -0.25) is 9.69 Å². The van der Waals surface area contributed by atoms with E-state index in [4.69, 9.17) is 0 Å². The van der Waals surface area contributed by atoms with Crippen LogP contribution in [0.4, 0.5) is 0 Å². The first-order chi connectivity index (χ1) is 12.6. The van der Waals surface area contributed by atoms with E-state index < -0.39 is 0 Å². The number of hydrogen-bond donors (Lipinski definition) is 2. The molecule has 2 aliphatic heterocycles. The van der Waals surface area contributed by atoms with Crippen molar-refractivity contribution in [3.63, 3.8) is 0 Å². The third-order valence-electron chi connectivity index (χ3n) is 6.42. The summed E-state index contributed by atoms with van der Waals surface area (Å²) in [5.74, 6) is 1.46. The number of carbonyl (C=O) groups excluding carboxylic acids is 1. The highest BCUT2D eigenvalue weighted by Crippen LogP contribution is 2.26. The highest BCUT2D eigenvalue weighted by atomic mass is 35.5. The van der Waals surface area contributed by atoms with E-state index in [1.54, 1.807) is 0 Å². The van der Waals surface area contributed by atoms with Crippen molar-refractivity contribution in [2.75, 3.05) is 26.2 Å². The molecule has 160 valence electrons. The number of nitrogens with zero attached hydrogens (tertiary/aromatic N) is 1. The van der Waals surface area contributed by atoms with Crippen LogP contribution < -0.4 is 10.6 Å². The molecule has 2 saturated heterocycles. The van der Waals surface area contributed by atoms with Crippen molar-refractivity contribution in [1.29, 1.82) is 0 Å². The lowest BCUT2D eigenvalue weighted by Gasteiger charge is -2.36. The molecule has 0 bridgehead atoms. The van der Waals surface area contributed by atoms with Gasteiger partial charge in [0, 0.05) is 31.6 Å². The summed E-state index contributed by atoms with van der Waals surface area (Å²) in [4.78, 5) is 15.0. The van der Waals surface area contributed by atoms with Gasteiger partial charge in [-0.1, -0.05) is 37.3 Å². The molecule has 0 saturated carbocycles. The van der Waals surface area contributed by atoms with E-state index in [1.807, 2.05) is 0 Å². The summed E-state index contributed by atoms with van der Waals surface area (Å²) < 4.78 is 0. The van der Waals surface area contributed by atoms with Crippen molar-refractivity contribution >= 4 is 30.7 Å². The quantitative estimate of drug-likeness (QED) is 0.711. The van der Waals surface area contributed by atoms with Crippen molar-refractivity contribution in [1.82, 2.24) is 15.5 Å². The van der Waals surface area contributed by atoms with E-state index in [-0.39, 0.29) is 30.7 Å². The Morgan fingerprint density at radius 2 is 1.68 bits per heavy atom. The molecule has 0 spiro atoms. The maximum atomic E-state index is 12.5. The number of benzene rings is 1. The van der Waals surface area contributed by atoms with E-state index in [1.165, 1.54) is 18.4 Å². The van der Waals surface area contributed by atoms with Crippen molar-refractivity contribution < 1.29 is 4.79 Å². The molecular weight excluding hydrogens is 393 g/mol. The molecule has 2 atom stereocenters. The Morgan fingerprint density at radius 1 is 1.07 bits per heavy atom. The normalized spacial score (nSPS) is 21.1. The number of carbonyl (C=O) groups is 1. The van der Waals surface area contributed by atoms with Crippen LogP contribution in [0.5, 0.6) is 0 Å². The van der Waals surface area contributed by atoms with E-state index in [2.05, 4.69) is 59.7 Å². The predicted octanol–water partition coefficient (Wildman–Crippen LogP) is 4.20.